The Bertz CT molecular complexity index is 525. The summed E-state index contributed by atoms with van der Waals surface area (Å²) in [5.41, 5.74) is 0.224. The highest BCUT2D eigenvalue weighted by atomic mass is 16.6. The maximum Gasteiger partial charge on any atom is 0.310 e. The van der Waals surface area contributed by atoms with Crippen LogP contribution in [0, 0.1) is 10.1 Å². The van der Waals surface area contributed by atoms with Crippen molar-refractivity contribution in [2.24, 2.45) is 0 Å². The summed E-state index contributed by atoms with van der Waals surface area (Å²) in [6.45, 7) is 1.85. The van der Waals surface area contributed by atoms with Gasteiger partial charge < -0.3 is 15.4 Å². The number of nitrogens with one attached hydrogen (secondary N) is 2. The smallest absolute Gasteiger partial charge is 0.310 e. The summed E-state index contributed by atoms with van der Waals surface area (Å²) < 4.78 is 4.98. The van der Waals surface area contributed by atoms with Crippen molar-refractivity contribution in [3.63, 3.8) is 0 Å². The van der Waals surface area contributed by atoms with Crippen LogP contribution in [-0.2, 0) is 0 Å². The molecule has 0 spiro atoms. The van der Waals surface area contributed by atoms with E-state index in [0.717, 1.165) is 32.4 Å². The van der Waals surface area contributed by atoms with E-state index in [4.69, 9.17) is 4.74 Å². The van der Waals surface area contributed by atoms with Gasteiger partial charge in [0.05, 0.1) is 12.0 Å². The molecule has 7 nitrogen and oxygen atoms in total. The van der Waals surface area contributed by atoms with Gasteiger partial charge in [-0.3, -0.25) is 14.9 Å². The lowest BCUT2D eigenvalue weighted by molar-refractivity contribution is -0.385. The Morgan fingerprint density at radius 3 is 2.95 bits per heavy atom. The second kappa shape index (κ2) is 7.03. The van der Waals surface area contributed by atoms with Gasteiger partial charge in [0, 0.05) is 23.7 Å². The van der Waals surface area contributed by atoms with E-state index in [2.05, 4.69) is 10.6 Å². The minimum absolute atomic E-state index is 0.0928. The van der Waals surface area contributed by atoms with Crippen LogP contribution in [0.3, 0.4) is 0 Å². The Kier molecular flexibility index (Phi) is 5.10. The van der Waals surface area contributed by atoms with Gasteiger partial charge >= 0.3 is 5.69 Å². The lowest BCUT2D eigenvalue weighted by atomic mass is 10.1. The van der Waals surface area contributed by atoms with Gasteiger partial charge in [0.15, 0.2) is 5.75 Å². The normalized spacial score (nSPS) is 18.6. The summed E-state index contributed by atoms with van der Waals surface area (Å²) in [7, 11) is 1.35. The van der Waals surface area contributed by atoms with Crippen molar-refractivity contribution in [2.45, 2.75) is 25.3 Å². The first-order valence-electron chi connectivity index (χ1n) is 6.96. The Morgan fingerprint density at radius 1 is 1.43 bits per heavy atom. The summed E-state index contributed by atoms with van der Waals surface area (Å²) in [6.07, 6.45) is 2.84. The van der Waals surface area contributed by atoms with Crippen molar-refractivity contribution < 1.29 is 14.5 Å². The average molecular weight is 293 g/mol. The zero-order chi connectivity index (χ0) is 15.2. The zero-order valence-corrected chi connectivity index (χ0v) is 11.9. The Balaban J connectivity index is 2.09. The molecule has 1 fully saturated rings. The summed E-state index contributed by atoms with van der Waals surface area (Å²) in [6, 6.07) is 4.28. The zero-order valence-electron chi connectivity index (χ0n) is 11.9. The van der Waals surface area contributed by atoms with Crippen molar-refractivity contribution in [3.8, 4) is 5.75 Å². The molecule has 1 aromatic rings. The number of nitro benzene ring substituents is 1. The molecule has 0 aromatic heterocycles. The molecule has 1 unspecified atom stereocenters. The first kappa shape index (κ1) is 15.2. The van der Waals surface area contributed by atoms with Crippen molar-refractivity contribution in [1.82, 2.24) is 10.6 Å². The molecule has 2 N–H and O–H groups in total. The molecule has 0 saturated carbocycles. The van der Waals surface area contributed by atoms with Crippen molar-refractivity contribution in [1.29, 1.82) is 0 Å². The molecule has 1 atom stereocenters. The average Bonchev–Trinajstić information content (AvgIpc) is 2.75. The highest BCUT2D eigenvalue weighted by Crippen LogP contribution is 2.27. The van der Waals surface area contributed by atoms with E-state index in [1.807, 2.05) is 0 Å². The van der Waals surface area contributed by atoms with Crippen molar-refractivity contribution in [2.75, 3.05) is 20.2 Å². The lowest BCUT2D eigenvalue weighted by Gasteiger charge is -2.16. The quantitative estimate of drug-likeness (QED) is 0.647. The number of methoxy groups -OCH3 is 1. The van der Waals surface area contributed by atoms with Crippen LogP contribution >= 0.6 is 0 Å². The summed E-state index contributed by atoms with van der Waals surface area (Å²) in [5.74, 6) is -0.134. The monoisotopic (exact) mass is 293 g/mol. The topological polar surface area (TPSA) is 93.5 Å². The molecule has 1 aliphatic rings. The second-order valence-electron chi connectivity index (χ2n) is 5.00. The van der Waals surface area contributed by atoms with Crippen LogP contribution in [0.5, 0.6) is 5.75 Å². The third-order valence-electron chi connectivity index (χ3n) is 3.55. The molecule has 1 aliphatic heterocycles. The van der Waals surface area contributed by atoms with E-state index >= 15 is 0 Å². The van der Waals surface area contributed by atoms with E-state index in [1.54, 1.807) is 0 Å². The van der Waals surface area contributed by atoms with E-state index in [0.29, 0.717) is 5.56 Å². The van der Waals surface area contributed by atoms with Gasteiger partial charge in [-0.25, -0.2) is 0 Å². The molecule has 1 aromatic carbocycles. The molecule has 7 heteroatoms. The lowest BCUT2D eigenvalue weighted by Crippen LogP contribution is -2.35. The maximum atomic E-state index is 12.2. The first-order chi connectivity index (χ1) is 10.1. The Labute approximate surface area is 122 Å². The van der Waals surface area contributed by atoms with E-state index in [-0.39, 0.29) is 23.4 Å². The number of nitrogens with zero attached hydrogens (tertiary/aromatic N) is 1. The number of ether oxygens (including phenoxy) is 1. The second-order valence-corrected chi connectivity index (χ2v) is 5.00. The molecule has 21 heavy (non-hydrogen) atoms. The minimum atomic E-state index is -0.530. The van der Waals surface area contributed by atoms with Crippen LogP contribution in [0.2, 0.25) is 0 Å². The fraction of sp³-hybridized carbons (Fsp3) is 0.500. The number of carbonyl (C=O) groups excluding carboxylic acids is 1. The fourth-order valence-electron chi connectivity index (χ4n) is 2.40. The third kappa shape index (κ3) is 3.91. The van der Waals surface area contributed by atoms with E-state index in [9.17, 15) is 14.9 Å². The van der Waals surface area contributed by atoms with Crippen LogP contribution in [0.25, 0.3) is 0 Å². The van der Waals surface area contributed by atoms with Gasteiger partial charge in [0.1, 0.15) is 0 Å². The number of rotatable bonds is 4. The summed E-state index contributed by atoms with van der Waals surface area (Å²) >= 11 is 0. The van der Waals surface area contributed by atoms with Crippen molar-refractivity contribution >= 4 is 11.6 Å². The number of nitro groups is 1. The maximum absolute atomic E-state index is 12.2. The van der Waals surface area contributed by atoms with Gasteiger partial charge in [0.25, 0.3) is 5.91 Å². The molecule has 1 saturated heterocycles. The summed E-state index contributed by atoms with van der Waals surface area (Å²) in [5, 5.41) is 17.1. The minimum Gasteiger partial charge on any atom is -0.490 e. The van der Waals surface area contributed by atoms with Gasteiger partial charge in [-0.2, -0.15) is 0 Å². The number of hydrogen-bond acceptors (Lipinski definition) is 5. The highest BCUT2D eigenvalue weighted by Gasteiger charge is 2.19. The molecular weight excluding hydrogens is 274 g/mol. The number of benzene rings is 1. The van der Waals surface area contributed by atoms with Gasteiger partial charge in [0.2, 0.25) is 0 Å². The van der Waals surface area contributed by atoms with Crippen LogP contribution < -0.4 is 15.4 Å². The number of amides is 1. The molecule has 0 aliphatic carbocycles. The van der Waals surface area contributed by atoms with Gasteiger partial charge in [-0.15, -0.1) is 0 Å². The molecule has 2 rings (SSSR count). The summed E-state index contributed by atoms with van der Waals surface area (Å²) in [4.78, 5) is 22.5. The predicted molar refractivity (Wildman–Crippen MR) is 77.6 cm³/mol. The molecule has 0 radical (unpaired) electrons. The number of carbonyl (C=O) groups is 1. The standard InChI is InChI=1S/C14H19N3O4/c1-21-13-9-10(4-5-12(13)17(19)20)14(18)16-11-3-2-7-15-8-6-11/h4-5,9,11,15H,2-3,6-8H2,1H3,(H,16,18). The van der Waals surface area contributed by atoms with E-state index in [1.165, 1.54) is 25.3 Å². The van der Waals surface area contributed by atoms with Crippen LogP contribution in [0.1, 0.15) is 29.6 Å². The SMILES string of the molecule is COc1cc(C(=O)NC2CCCNCC2)ccc1[N+](=O)[O-]. The molecule has 114 valence electrons. The van der Waals surface area contributed by atoms with E-state index < -0.39 is 4.92 Å². The first-order valence-corrected chi connectivity index (χ1v) is 6.96. The molecule has 1 amide bonds. The van der Waals surface area contributed by atoms with Crippen LogP contribution in [0.4, 0.5) is 5.69 Å². The van der Waals surface area contributed by atoms with Crippen LogP contribution in [-0.4, -0.2) is 37.1 Å². The fourth-order valence-corrected chi connectivity index (χ4v) is 2.40. The van der Waals surface area contributed by atoms with Crippen molar-refractivity contribution in [3.05, 3.63) is 33.9 Å². The Hall–Kier alpha value is -2.15. The Morgan fingerprint density at radius 2 is 2.24 bits per heavy atom. The third-order valence-corrected chi connectivity index (χ3v) is 3.55. The van der Waals surface area contributed by atoms with Crippen LogP contribution in [0.15, 0.2) is 18.2 Å². The molecule has 1 heterocycles. The number of hydrogen-bond donors (Lipinski definition) is 2. The molecular formula is C14H19N3O4. The van der Waals surface area contributed by atoms with Gasteiger partial charge in [-0.1, -0.05) is 0 Å². The van der Waals surface area contributed by atoms with Gasteiger partial charge in [-0.05, 0) is 38.4 Å². The highest BCUT2D eigenvalue weighted by molar-refractivity contribution is 5.95. The molecule has 0 bridgehead atoms. The predicted octanol–water partition coefficient (Wildman–Crippen LogP) is 1.48. The largest absolute Gasteiger partial charge is 0.490 e.